The number of carbonyl (C=O) groups excluding carboxylic acids is 1. The number of fused-ring (bicyclic) bond motifs is 2. The Bertz CT molecular complexity index is 2880. The Kier molecular flexibility index (Phi) is 12.0. The monoisotopic (exact) mass is 906 g/mol. The van der Waals surface area contributed by atoms with E-state index in [4.69, 9.17) is 21.3 Å². The van der Waals surface area contributed by atoms with Gasteiger partial charge in [-0.25, -0.2) is 22.8 Å². The normalized spacial score (nSPS) is 19.6. The highest BCUT2D eigenvalue weighted by atomic mass is 35.5. The summed E-state index contributed by atoms with van der Waals surface area (Å²) in [6.07, 6.45) is 8.91. The summed E-state index contributed by atoms with van der Waals surface area (Å²) >= 11 is 6.25. The molecule has 334 valence electrons. The first-order valence-corrected chi connectivity index (χ1v) is 23.6. The van der Waals surface area contributed by atoms with Gasteiger partial charge in [0.05, 0.1) is 45.5 Å². The Balaban J connectivity index is 0.970. The highest BCUT2D eigenvalue weighted by molar-refractivity contribution is 7.90. The summed E-state index contributed by atoms with van der Waals surface area (Å²) < 4.78 is 37.2. The van der Waals surface area contributed by atoms with Crippen LogP contribution in [0.2, 0.25) is 5.02 Å². The maximum Gasteiger partial charge on any atom is 0.312 e. The number of sulfonamides is 1. The number of benzene rings is 3. The van der Waals surface area contributed by atoms with Crippen molar-refractivity contribution in [3.63, 3.8) is 0 Å². The molecule has 6 aromatic rings. The zero-order valence-corrected chi connectivity index (χ0v) is 37.4. The van der Waals surface area contributed by atoms with Crippen LogP contribution < -0.4 is 14.4 Å². The standard InChI is InChI=1S/C47H51ClN8O7S/c1-47(2)17-15-33(39(26-47)31-5-7-34(48)8-6-31)28-53-19-21-54(22-20-53)35-9-13-38(41(24-35)55-42-23-32-16-18-49-45(32)51-40(42)27-50-55)46(58)52-64(61,62)37-12-14-44(43(25-37)56(59)60)63-29-30-3-10-36(57)11-4-30/h5-9,12-14,16,18,23-25,27,30,36,57H,3-4,10-11,15,17,19-22,26,28-29H2,1-2H3,(H,49,51)(H,52,58)/t30-,36-. The van der Waals surface area contributed by atoms with Crippen molar-refractivity contribution >= 4 is 66.5 Å². The Labute approximate surface area is 376 Å². The second-order valence-corrected chi connectivity index (χ2v) is 20.2. The lowest BCUT2D eigenvalue weighted by Crippen LogP contribution is -2.47. The van der Waals surface area contributed by atoms with E-state index >= 15 is 0 Å². The van der Waals surface area contributed by atoms with Gasteiger partial charge in [-0.05, 0) is 122 Å². The van der Waals surface area contributed by atoms with Gasteiger partial charge < -0.3 is 19.7 Å². The number of piperazine rings is 1. The molecule has 0 atom stereocenters. The number of ether oxygens (including phenoxy) is 1. The molecule has 2 aliphatic carbocycles. The largest absolute Gasteiger partial charge is 0.487 e. The van der Waals surface area contributed by atoms with Gasteiger partial charge in [-0.3, -0.25) is 19.8 Å². The van der Waals surface area contributed by atoms with Crippen LogP contribution in [0.4, 0.5) is 11.4 Å². The van der Waals surface area contributed by atoms with E-state index < -0.39 is 31.4 Å². The number of pyridine rings is 1. The zero-order chi connectivity index (χ0) is 44.8. The number of aliphatic hydroxyl groups excluding tert-OH is 1. The molecule has 3 aromatic heterocycles. The number of halogens is 1. The van der Waals surface area contributed by atoms with E-state index in [2.05, 4.69) is 50.6 Å². The molecule has 15 nitrogen and oxygen atoms in total. The van der Waals surface area contributed by atoms with Gasteiger partial charge in [-0.1, -0.05) is 43.2 Å². The van der Waals surface area contributed by atoms with E-state index in [1.54, 1.807) is 23.1 Å². The Morgan fingerprint density at radius 1 is 1.02 bits per heavy atom. The molecule has 1 saturated carbocycles. The van der Waals surface area contributed by atoms with Crippen LogP contribution in [0.3, 0.4) is 0 Å². The predicted molar refractivity (Wildman–Crippen MR) is 247 cm³/mol. The van der Waals surface area contributed by atoms with Gasteiger partial charge in [0.15, 0.2) is 5.75 Å². The fourth-order valence-electron chi connectivity index (χ4n) is 9.28. The molecule has 0 radical (unpaired) electrons. The average molecular weight is 907 g/mol. The second-order valence-electron chi connectivity index (χ2n) is 18.1. The highest BCUT2D eigenvalue weighted by Crippen LogP contribution is 2.43. The van der Waals surface area contributed by atoms with Gasteiger partial charge >= 0.3 is 5.69 Å². The summed E-state index contributed by atoms with van der Waals surface area (Å²) in [6.45, 7) is 8.82. The van der Waals surface area contributed by atoms with Crippen LogP contribution >= 0.6 is 11.6 Å². The summed E-state index contributed by atoms with van der Waals surface area (Å²) in [7, 11) is -4.61. The number of amides is 1. The zero-order valence-electron chi connectivity index (χ0n) is 35.8. The third-order valence-electron chi connectivity index (χ3n) is 13.0. The molecule has 17 heteroatoms. The molecule has 64 heavy (non-hydrogen) atoms. The molecule has 3 aromatic carbocycles. The Morgan fingerprint density at radius 2 is 1.78 bits per heavy atom. The lowest BCUT2D eigenvalue weighted by Gasteiger charge is -2.39. The SMILES string of the molecule is CC1(C)CCC(CN2CCN(c3ccc(C(=O)NS(=O)(=O)c4ccc(OC[C@H]5CC[C@H](O)CC5)c([N+](=O)[O-])c4)c(-n4ncc5nc6[nH]ccc6cc54)c3)CC2)=C(c2ccc(Cl)cc2)C1. The average Bonchev–Trinajstić information content (AvgIpc) is 3.92. The predicted octanol–water partition coefficient (Wildman–Crippen LogP) is 8.30. The number of aromatic nitrogens is 4. The number of hydrogen-bond donors (Lipinski definition) is 3. The van der Waals surface area contributed by atoms with Crippen molar-refractivity contribution in [2.24, 2.45) is 11.3 Å². The number of hydrogen-bond acceptors (Lipinski definition) is 11. The molecule has 0 bridgehead atoms. The van der Waals surface area contributed by atoms with Gasteiger partial charge in [0.25, 0.3) is 15.9 Å². The summed E-state index contributed by atoms with van der Waals surface area (Å²) in [5.41, 5.74) is 6.85. The van der Waals surface area contributed by atoms with Crippen LogP contribution in [0.25, 0.3) is 33.3 Å². The summed E-state index contributed by atoms with van der Waals surface area (Å²) in [6, 6.07) is 20.5. The number of rotatable bonds is 12. The molecular weight excluding hydrogens is 856 g/mol. The number of H-pyrrole nitrogens is 1. The van der Waals surface area contributed by atoms with E-state index in [0.29, 0.717) is 35.2 Å². The number of carbonyl (C=O) groups is 1. The highest BCUT2D eigenvalue weighted by Gasteiger charge is 2.31. The van der Waals surface area contributed by atoms with Gasteiger partial charge in [-0.15, -0.1) is 0 Å². The molecule has 0 spiro atoms. The number of nitro benzene ring substituents is 1. The Morgan fingerprint density at radius 3 is 2.53 bits per heavy atom. The minimum absolute atomic E-state index is 0.0269. The van der Waals surface area contributed by atoms with Crippen molar-refractivity contribution in [2.45, 2.75) is 69.8 Å². The third kappa shape index (κ3) is 9.23. The third-order valence-corrected chi connectivity index (χ3v) is 14.6. The number of allylic oxidation sites excluding steroid dienone is 1. The smallest absolute Gasteiger partial charge is 0.312 e. The summed E-state index contributed by atoms with van der Waals surface area (Å²) in [4.78, 5) is 37.7. The number of nitrogens with zero attached hydrogens (tertiary/aromatic N) is 6. The fraction of sp³-hybridized carbons (Fsp3) is 0.383. The van der Waals surface area contributed by atoms with E-state index in [1.807, 2.05) is 36.4 Å². The summed E-state index contributed by atoms with van der Waals surface area (Å²) in [5.74, 6) is -0.901. The molecule has 1 aliphatic heterocycles. The second kappa shape index (κ2) is 17.6. The van der Waals surface area contributed by atoms with E-state index in [0.717, 1.165) is 87.0 Å². The number of nitro groups is 1. The first-order chi connectivity index (χ1) is 30.7. The van der Waals surface area contributed by atoms with Crippen molar-refractivity contribution in [3.05, 3.63) is 117 Å². The van der Waals surface area contributed by atoms with Crippen LogP contribution in [0.5, 0.6) is 5.75 Å². The van der Waals surface area contributed by atoms with Gasteiger partial charge in [0.1, 0.15) is 11.2 Å². The van der Waals surface area contributed by atoms with E-state index in [-0.39, 0.29) is 35.4 Å². The van der Waals surface area contributed by atoms with Crippen molar-refractivity contribution in [1.82, 2.24) is 29.4 Å². The lowest BCUT2D eigenvalue weighted by atomic mass is 9.72. The molecule has 3 N–H and O–H groups in total. The number of anilines is 1. The van der Waals surface area contributed by atoms with Gasteiger partial charge in [0.2, 0.25) is 0 Å². The van der Waals surface area contributed by atoms with Crippen LogP contribution in [-0.4, -0.2) is 94.4 Å². The van der Waals surface area contributed by atoms with Crippen LogP contribution in [-0.2, 0) is 10.0 Å². The van der Waals surface area contributed by atoms with Crippen molar-refractivity contribution < 1.29 is 28.0 Å². The summed E-state index contributed by atoms with van der Waals surface area (Å²) in [5, 5.41) is 28.2. The molecule has 1 amide bonds. The van der Waals surface area contributed by atoms with Crippen LogP contribution in [0, 0.1) is 21.4 Å². The number of aromatic amines is 1. The maximum atomic E-state index is 14.2. The molecule has 1 saturated heterocycles. The topological polar surface area (TPSA) is 189 Å². The molecular formula is C47H51ClN8O7S. The maximum absolute atomic E-state index is 14.2. The molecule has 0 unspecified atom stereocenters. The quantitative estimate of drug-likeness (QED) is 0.0792. The van der Waals surface area contributed by atoms with Gasteiger partial charge in [0, 0.05) is 61.1 Å². The number of nitrogens with one attached hydrogen (secondary N) is 2. The minimum atomic E-state index is -4.61. The molecule has 4 heterocycles. The first-order valence-electron chi connectivity index (χ1n) is 21.8. The number of aliphatic hydroxyl groups is 1. The molecule has 2 fully saturated rings. The van der Waals surface area contributed by atoms with Crippen molar-refractivity contribution in [3.8, 4) is 11.4 Å². The Hall–Kier alpha value is -5.81. The van der Waals surface area contributed by atoms with Crippen molar-refractivity contribution in [2.75, 3.05) is 44.2 Å². The fourth-order valence-corrected chi connectivity index (χ4v) is 10.4. The van der Waals surface area contributed by atoms with Crippen molar-refractivity contribution in [1.29, 1.82) is 0 Å². The minimum Gasteiger partial charge on any atom is -0.487 e. The van der Waals surface area contributed by atoms with Crippen LogP contribution in [0.15, 0.2) is 95.7 Å². The van der Waals surface area contributed by atoms with Crippen LogP contribution in [0.1, 0.15) is 74.7 Å². The first kappa shape index (κ1) is 43.4. The molecule has 3 aliphatic rings. The van der Waals surface area contributed by atoms with E-state index in [1.165, 1.54) is 28.8 Å². The lowest BCUT2D eigenvalue weighted by molar-refractivity contribution is -0.386. The van der Waals surface area contributed by atoms with Gasteiger partial charge in [-0.2, -0.15) is 5.10 Å². The van der Waals surface area contributed by atoms with E-state index in [9.17, 15) is 28.4 Å². The molecule has 9 rings (SSSR count).